The number of likely N-dealkylation sites (N-methyl/N-ethyl adjacent to an activating group) is 2. The van der Waals surface area contributed by atoms with E-state index in [9.17, 15) is 0 Å². The SMILES string of the molecule is CNC1CCc2sc(-c3ccccc3)c(-c3ccccc3)c2C1.CNC1CCc2sc(-c3ccccc3)cc2C1. The third kappa shape index (κ3) is 5.87. The van der Waals surface area contributed by atoms with E-state index in [1.54, 1.807) is 20.9 Å². The lowest BCUT2D eigenvalue weighted by atomic mass is 9.88. The zero-order valence-electron chi connectivity index (χ0n) is 23.5. The largest absolute Gasteiger partial charge is 0.317 e. The Kier molecular flexibility index (Phi) is 8.59. The first-order chi connectivity index (χ1) is 19.7. The van der Waals surface area contributed by atoms with Crippen LogP contribution in [0, 0.1) is 0 Å². The highest BCUT2D eigenvalue weighted by Gasteiger charge is 2.26. The minimum atomic E-state index is 0.600. The van der Waals surface area contributed by atoms with Crippen molar-refractivity contribution in [2.45, 2.75) is 50.6 Å². The average Bonchev–Trinajstić information content (AvgIpc) is 3.64. The molecule has 0 bridgehead atoms. The van der Waals surface area contributed by atoms with Gasteiger partial charge in [-0.2, -0.15) is 0 Å². The van der Waals surface area contributed by atoms with Crippen LogP contribution in [0.5, 0.6) is 0 Å². The molecule has 2 aliphatic carbocycles. The van der Waals surface area contributed by atoms with Crippen LogP contribution in [0.15, 0.2) is 97.1 Å². The molecule has 2 N–H and O–H groups in total. The predicted octanol–water partition coefficient (Wildman–Crippen LogP) is 8.65. The summed E-state index contributed by atoms with van der Waals surface area (Å²) >= 11 is 3.97. The van der Waals surface area contributed by atoms with Crippen molar-refractivity contribution in [1.29, 1.82) is 0 Å². The number of thiophene rings is 2. The summed E-state index contributed by atoms with van der Waals surface area (Å²) in [4.78, 5) is 6.02. The first-order valence-corrected chi connectivity index (χ1v) is 16.1. The maximum atomic E-state index is 3.48. The topological polar surface area (TPSA) is 24.1 Å². The van der Waals surface area contributed by atoms with Crippen LogP contribution in [0.1, 0.15) is 33.7 Å². The molecular formula is C36H38N2S2. The average molecular weight is 563 g/mol. The molecule has 40 heavy (non-hydrogen) atoms. The van der Waals surface area contributed by atoms with Gasteiger partial charge in [-0.25, -0.2) is 0 Å². The van der Waals surface area contributed by atoms with Gasteiger partial charge in [0.1, 0.15) is 0 Å². The van der Waals surface area contributed by atoms with Gasteiger partial charge in [-0.05, 0) is 86.5 Å². The molecule has 2 atom stereocenters. The highest BCUT2D eigenvalue weighted by Crippen LogP contribution is 2.45. The van der Waals surface area contributed by atoms with E-state index in [0.717, 1.165) is 6.42 Å². The van der Waals surface area contributed by atoms with Gasteiger partial charge in [0.25, 0.3) is 0 Å². The van der Waals surface area contributed by atoms with Crippen LogP contribution in [0.4, 0.5) is 0 Å². The number of nitrogens with one attached hydrogen (secondary N) is 2. The number of aryl methyl sites for hydroxylation is 2. The number of hydrogen-bond donors (Lipinski definition) is 2. The molecule has 2 nitrogen and oxygen atoms in total. The molecule has 2 heterocycles. The van der Waals surface area contributed by atoms with E-state index < -0.39 is 0 Å². The Morgan fingerprint density at radius 2 is 1.15 bits per heavy atom. The molecule has 0 radical (unpaired) electrons. The molecule has 5 aromatic rings. The van der Waals surface area contributed by atoms with Gasteiger partial charge in [0, 0.05) is 37.2 Å². The van der Waals surface area contributed by atoms with E-state index >= 15 is 0 Å². The van der Waals surface area contributed by atoms with Crippen LogP contribution in [-0.4, -0.2) is 26.2 Å². The summed E-state index contributed by atoms with van der Waals surface area (Å²) in [7, 11) is 4.16. The first kappa shape index (κ1) is 27.2. The maximum absolute atomic E-state index is 3.48. The molecule has 204 valence electrons. The fraction of sp³-hybridized carbons (Fsp3) is 0.278. The Labute approximate surface area is 247 Å². The molecule has 0 aliphatic heterocycles. The highest BCUT2D eigenvalue weighted by molar-refractivity contribution is 7.16. The standard InChI is InChI=1S/C21H21NS.C15H17NS/c1-22-17-12-13-19-18(14-17)20(15-8-4-2-5-9-15)21(23-19)16-10-6-3-7-11-16;1-16-13-7-8-14-12(9-13)10-15(17-14)11-5-3-2-4-6-11/h2-11,17,22H,12-14H2,1H3;2-6,10,13,16H,7-9H2,1H3. The summed E-state index contributed by atoms with van der Waals surface area (Å²) in [5.41, 5.74) is 8.61. The van der Waals surface area contributed by atoms with Gasteiger partial charge in [0.2, 0.25) is 0 Å². The summed E-state index contributed by atoms with van der Waals surface area (Å²) in [6.07, 6.45) is 7.27. The van der Waals surface area contributed by atoms with Crippen molar-refractivity contribution in [2.24, 2.45) is 0 Å². The third-order valence-corrected chi connectivity index (χ3v) is 10.9. The second-order valence-electron chi connectivity index (χ2n) is 10.8. The fourth-order valence-corrected chi connectivity index (χ4v) is 8.63. The van der Waals surface area contributed by atoms with Gasteiger partial charge in [0.05, 0.1) is 0 Å². The van der Waals surface area contributed by atoms with Crippen molar-refractivity contribution in [2.75, 3.05) is 14.1 Å². The molecule has 0 amide bonds. The van der Waals surface area contributed by atoms with Crippen molar-refractivity contribution in [3.8, 4) is 32.0 Å². The van der Waals surface area contributed by atoms with Gasteiger partial charge >= 0.3 is 0 Å². The second-order valence-corrected chi connectivity index (χ2v) is 13.1. The summed E-state index contributed by atoms with van der Waals surface area (Å²) in [6, 6.07) is 36.1. The minimum absolute atomic E-state index is 0.600. The molecule has 7 rings (SSSR count). The van der Waals surface area contributed by atoms with E-state index in [2.05, 4.69) is 122 Å². The van der Waals surface area contributed by atoms with Crippen LogP contribution < -0.4 is 10.6 Å². The summed E-state index contributed by atoms with van der Waals surface area (Å²) in [5, 5.41) is 6.88. The molecule has 0 saturated carbocycles. The van der Waals surface area contributed by atoms with E-state index in [-0.39, 0.29) is 0 Å². The molecule has 0 fully saturated rings. The highest BCUT2D eigenvalue weighted by atomic mass is 32.1. The van der Waals surface area contributed by atoms with Crippen molar-refractivity contribution < 1.29 is 0 Å². The smallest absolute Gasteiger partial charge is 0.0426 e. The van der Waals surface area contributed by atoms with Crippen molar-refractivity contribution in [1.82, 2.24) is 10.6 Å². The van der Waals surface area contributed by atoms with E-state index in [1.165, 1.54) is 64.1 Å². The Morgan fingerprint density at radius 1 is 0.600 bits per heavy atom. The maximum Gasteiger partial charge on any atom is 0.0426 e. The Balaban J connectivity index is 0.000000151. The molecule has 4 heteroatoms. The molecule has 2 unspecified atom stereocenters. The number of hydrogen-bond acceptors (Lipinski definition) is 4. The van der Waals surface area contributed by atoms with Crippen molar-refractivity contribution in [3.05, 3.63) is 118 Å². The summed E-state index contributed by atoms with van der Waals surface area (Å²) in [5.74, 6) is 0. The molecule has 3 aromatic carbocycles. The second kappa shape index (κ2) is 12.7. The lowest BCUT2D eigenvalue weighted by Crippen LogP contribution is -2.31. The van der Waals surface area contributed by atoms with Gasteiger partial charge in [0.15, 0.2) is 0 Å². The van der Waals surface area contributed by atoms with Gasteiger partial charge < -0.3 is 10.6 Å². The first-order valence-electron chi connectivity index (χ1n) is 14.5. The third-order valence-electron chi connectivity index (χ3n) is 8.32. The lowest BCUT2D eigenvalue weighted by molar-refractivity contribution is 0.501. The zero-order valence-corrected chi connectivity index (χ0v) is 25.1. The van der Waals surface area contributed by atoms with Gasteiger partial charge in [-0.3, -0.25) is 0 Å². The molecule has 2 aromatic heterocycles. The van der Waals surface area contributed by atoms with Crippen LogP contribution >= 0.6 is 22.7 Å². The normalized spacial score (nSPS) is 17.9. The summed E-state index contributed by atoms with van der Waals surface area (Å²) < 4.78 is 0. The van der Waals surface area contributed by atoms with Crippen LogP contribution in [0.3, 0.4) is 0 Å². The van der Waals surface area contributed by atoms with Crippen LogP contribution in [0.25, 0.3) is 32.0 Å². The van der Waals surface area contributed by atoms with Gasteiger partial charge in [-0.15, -0.1) is 22.7 Å². The number of rotatable bonds is 5. The van der Waals surface area contributed by atoms with Crippen LogP contribution in [-0.2, 0) is 25.7 Å². The van der Waals surface area contributed by atoms with Crippen molar-refractivity contribution in [3.63, 3.8) is 0 Å². The predicted molar refractivity (Wildman–Crippen MR) is 175 cm³/mol. The van der Waals surface area contributed by atoms with Crippen LogP contribution in [0.2, 0.25) is 0 Å². The number of benzene rings is 3. The number of fused-ring (bicyclic) bond motifs is 2. The van der Waals surface area contributed by atoms with Gasteiger partial charge in [-0.1, -0.05) is 91.0 Å². The molecular weight excluding hydrogens is 525 g/mol. The molecule has 2 aliphatic rings. The fourth-order valence-electron chi connectivity index (χ4n) is 6.05. The summed E-state index contributed by atoms with van der Waals surface area (Å²) in [6.45, 7) is 0. The quantitative estimate of drug-likeness (QED) is 0.224. The van der Waals surface area contributed by atoms with E-state index in [4.69, 9.17) is 0 Å². The molecule has 0 saturated heterocycles. The lowest BCUT2D eigenvalue weighted by Gasteiger charge is -2.22. The Bertz CT molecular complexity index is 1520. The molecule has 0 spiro atoms. The monoisotopic (exact) mass is 562 g/mol. The Hall–Kier alpha value is -3.02. The zero-order chi connectivity index (χ0) is 27.3. The van der Waals surface area contributed by atoms with Crippen molar-refractivity contribution >= 4 is 22.7 Å². The van der Waals surface area contributed by atoms with E-state index in [1.807, 2.05) is 22.7 Å². The Morgan fingerprint density at radius 3 is 1.77 bits per heavy atom. The van der Waals surface area contributed by atoms with E-state index in [0.29, 0.717) is 12.1 Å². The minimum Gasteiger partial charge on any atom is -0.317 e.